The second kappa shape index (κ2) is 7.13. The van der Waals surface area contributed by atoms with Crippen LogP contribution in [0, 0.1) is 0 Å². The van der Waals surface area contributed by atoms with Crippen LogP contribution in [-0.2, 0) is 6.42 Å². The molecular weight excluding hydrogens is 244 g/mol. The van der Waals surface area contributed by atoms with Crippen molar-refractivity contribution in [1.29, 1.82) is 0 Å². The minimum Gasteiger partial charge on any atom is -0.315 e. The molecule has 2 nitrogen and oxygen atoms in total. The van der Waals surface area contributed by atoms with Gasteiger partial charge in [0, 0.05) is 17.6 Å². The molecule has 18 heavy (non-hydrogen) atoms. The van der Waals surface area contributed by atoms with Gasteiger partial charge in [-0.1, -0.05) is 23.7 Å². The Kier molecular flexibility index (Phi) is 5.48. The lowest BCUT2D eigenvalue weighted by Gasteiger charge is -2.23. The summed E-state index contributed by atoms with van der Waals surface area (Å²) in [6, 6.07) is 8.80. The Hall–Kier alpha value is -0.570. The summed E-state index contributed by atoms with van der Waals surface area (Å²) in [6.07, 6.45) is 3.81. The van der Waals surface area contributed by atoms with Crippen LogP contribution in [0.4, 0.5) is 0 Å². The number of nitrogens with zero attached hydrogens (tertiary/aromatic N) is 1. The monoisotopic (exact) mass is 266 g/mol. The van der Waals surface area contributed by atoms with Crippen LogP contribution in [0.3, 0.4) is 0 Å². The summed E-state index contributed by atoms with van der Waals surface area (Å²) < 4.78 is 0. The number of hydrogen-bond acceptors (Lipinski definition) is 2. The van der Waals surface area contributed by atoms with Crippen molar-refractivity contribution in [1.82, 2.24) is 10.2 Å². The van der Waals surface area contributed by atoms with Gasteiger partial charge in [0.05, 0.1) is 0 Å². The first-order chi connectivity index (χ1) is 8.75. The van der Waals surface area contributed by atoms with E-state index in [0.29, 0.717) is 6.04 Å². The molecule has 3 heteroatoms. The molecular formula is C15H23ClN2. The molecule has 2 rings (SSSR count). The second-order valence-corrected chi connectivity index (χ2v) is 5.61. The van der Waals surface area contributed by atoms with Crippen LogP contribution >= 0.6 is 11.6 Å². The average Bonchev–Trinajstić information content (AvgIpc) is 2.90. The van der Waals surface area contributed by atoms with Gasteiger partial charge in [-0.15, -0.1) is 0 Å². The minimum atomic E-state index is 0.665. The number of likely N-dealkylation sites (tertiary alicyclic amines) is 1. The average molecular weight is 267 g/mol. The SMILES string of the molecule is CC(CNCCc1ccc(Cl)cc1)N1CCCC1. The summed E-state index contributed by atoms with van der Waals surface area (Å²) in [5.41, 5.74) is 1.35. The van der Waals surface area contributed by atoms with E-state index >= 15 is 0 Å². The molecule has 0 bridgehead atoms. The van der Waals surface area contributed by atoms with E-state index in [1.807, 2.05) is 12.1 Å². The fraction of sp³-hybridized carbons (Fsp3) is 0.600. The smallest absolute Gasteiger partial charge is 0.0406 e. The summed E-state index contributed by atoms with van der Waals surface area (Å²) in [4.78, 5) is 2.58. The van der Waals surface area contributed by atoms with E-state index in [-0.39, 0.29) is 0 Å². The Balaban J connectivity index is 1.62. The van der Waals surface area contributed by atoms with Crippen molar-refractivity contribution in [3.8, 4) is 0 Å². The van der Waals surface area contributed by atoms with Gasteiger partial charge in [0.25, 0.3) is 0 Å². The number of nitrogens with one attached hydrogen (secondary N) is 1. The predicted molar refractivity (Wildman–Crippen MR) is 78.3 cm³/mol. The molecule has 1 N–H and O–H groups in total. The summed E-state index contributed by atoms with van der Waals surface area (Å²) >= 11 is 5.87. The molecule has 1 heterocycles. The van der Waals surface area contributed by atoms with Crippen molar-refractivity contribution in [2.45, 2.75) is 32.2 Å². The van der Waals surface area contributed by atoms with Gasteiger partial charge in [0.2, 0.25) is 0 Å². The van der Waals surface area contributed by atoms with Gasteiger partial charge in [-0.05, 0) is 63.5 Å². The number of halogens is 1. The molecule has 1 aromatic carbocycles. The molecule has 0 amide bonds. The first kappa shape index (κ1) is 13.9. The lowest BCUT2D eigenvalue weighted by atomic mass is 10.1. The van der Waals surface area contributed by atoms with Crippen LogP contribution in [-0.4, -0.2) is 37.1 Å². The predicted octanol–water partition coefficient (Wildman–Crippen LogP) is 2.96. The molecule has 100 valence electrons. The van der Waals surface area contributed by atoms with Gasteiger partial charge >= 0.3 is 0 Å². The van der Waals surface area contributed by atoms with Crippen LogP contribution in [0.1, 0.15) is 25.3 Å². The van der Waals surface area contributed by atoms with E-state index < -0.39 is 0 Å². The summed E-state index contributed by atoms with van der Waals surface area (Å²) in [5, 5.41) is 4.36. The molecule has 0 saturated carbocycles. The zero-order valence-electron chi connectivity index (χ0n) is 11.2. The maximum absolute atomic E-state index is 5.87. The first-order valence-electron chi connectivity index (χ1n) is 6.95. The molecule has 1 aromatic rings. The summed E-state index contributed by atoms with van der Waals surface area (Å²) in [6.45, 7) is 7.01. The van der Waals surface area contributed by atoms with E-state index in [1.165, 1.54) is 31.5 Å². The molecule has 0 aliphatic carbocycles. The first-order valence-corrected chi connectivity index (χ1v) is 7.33. The maximum Gasteiger partial charge on any atom is 0.0406 e. The lowest BCUT2D eigenvalue weighted by molar-refractivity contribution is 0.252. The third kappa shape index (κ3) is 4.27. The Morgan fingerprint density at radius 3 is 2.56 bits per heavy atom. The largest absolute Gasteiger partial charge is 0.315 e. The van der Waals surface area contributed by atoms with Crippen molar-refractivity contribution < 1.29 is 0 Å². The molecule has 1 unspecified atom stereocenters. The lowest BCUT2D eigenvalue weighted by Crippen LogP contribution is -2.39. The highest BCUT2D eigenvalue weighted by Gasteiger charge is 2.16. The molecule has 1 atom stereocenters. The second-order valence-electron chi connectivity index (χ2n) is 5.17. The van der Waals surface area contributed by atoms with Crippen LogP contribution in [0.5, 0.6) is 0 Å². The highest BCUT2D eigenvalue weighted by atomic mass is 35.5. The number of hydrogen-bond donors (Lipinski definition) is 1. The van der Waals surface area contributed by atoms with Crippen LogP contribution in [0.25, 0.3) is 0 Å². The van der Waals surface area contributed by atoms with E-state index in [4.69, 9.17) is 11.6 Å². The van der Waals surface area contributed by atoms with E-state index in [1.54, 1.807) is 0 Å². The van der Waals surface area contributed by atoms with Gasteiger partial charge in [0.1, 0.15) is 0 Å². The van der Waals surface area contributed by atoms with E-state index in [9.17, 15) is 0 Å². The van der Waals surface area contributed by atoms with Crippen molar-refractivity contribution in [3.05, 3.63) is 34.9 Å². The van der Waals surface area contributed by atoms with Gasteiger partial charge in [-0.25, -0.2) is 0 Å². The van der Waals surface area contributed by atoms with Gasteiger partial charge in [0.15, 0.2) is 0 Å². The van der Waals surface area contributed by atoms with Crippen molar-refractivity contribution in [2.75, 3.05) is 26.2 Å². The third-order valence-corrected chi connectivity index (χ3v) is 3.96. The van der Waals surface area contributed by atoms with Crippen LogP contribution < -0.4 is 5.32 Å². The fourth-order valence-corrected chi connectivity index (χ4v) is 2.63. The Bertz CT molecular complexity index is 344. The van der Waals surface area contributed by atoms with E-state index in [0.717, 1.165) is 24.5 Å². The molecule has 1 fully saturated rings. The van der Waals surface area contributed by atoms with Crippen molar-refractivity contribution >= 4 is 11.6 Å². The summed E-state index contributed by atoms with van der Waals surface area (Å²) in [5.74, 6) is 0. The van der Waals surface area contributed by atoms with Crippen LogP contribution in [0.2, 0.25) is 5.02 Å². The maximum atomic E-state index is 5.87. The third-order valence-electron chi connectivity index (χ3n) is 3.71. The summed E-state index contributed by atoms with van der Waals surface area (Å²) in [7, 11) is 0. The van der Waals surface area contributed by atoms with Crippen molar-refractivity contribution in [2.24, 2.45) is 0 Å². The Labute approximate surface area is 115 Å². The normalized spacial score (nSPS) is 18.1. The fourth-order valence-electron chi connectivity index (χ4n) is 2.51. The number of rotatable bonds is 6. The zero-order chi connectivity index (χ0) is 12.8. The van der Waals surface area contributed by atoms with Gasteiger partial charge in [-0.2, -0.15) is 0 Å². The Morgan fingerprint density at radius 1 is 1.22 bits per heavy atom. The zero-order valence-corrected chi connectivity index (χ0v) is 11.9. The van der Waals surface area contributed by atoms with Crippen LogP contribution in [0.15, 0.2) is 24.3 Å². The highest BCUT2D eigenvalue weighted by Crippen LogP contribution is 2.11. The molecule has 0 spiro atoms. The highest BCUT2D eigenvalue weighted by molar-refractivity contribution is 6.30. The molecule has 1 aliphatic heterocycles. The Morgan fingerprint density at radius 2 is 1.89 bits per heavy atom. The molecule has 0 radical (unpaired) electrons. The molecule has 0 aromatic heterocycles. The topological polar surface area (TPSA) is 15.3 Å². The number of benzene rings is 1. The molecule has 1 aliphatic rings. The standard InChI is InChI=1S/C15H23ClN2/c1-13(18-10-2-3-11-18)12-17-9-8-14-4-6-15(16)7-5-14/h4-7,13,17H,2-3,8-12H2,1H3. The minimum absolute atomic E-state index is 0.665. The van der Waals surface area contributed by atoms with Crippen molar-refractivity contribution in [3.63, 3.8) is 0 Å². The molecule has 1 saturated heterocycles. The van der Waals surface area contributed by atoms with Gasteiger partial charge in [-0.3, -0.25) is 4.90 Å². The van der Waals surface area contributed by atoms with E-state index in [2.05, 4.69) is 29.3 Å². The van der Waals surface area contributed by atoms with Gasteiger partial charge < -0.3 is 5.32 Å². The quantitative estimate of drug-likeness (QED) is 0.797.